The number of rotatable bonds is 5. The Balaban J connectivity index is 1.65. The molecular weight excluding hydrogens is 379 g/mol. The van der Waals surface area contributed by atoms with Gasteiger partial charge in [-0.2, -0.15) is 0 Å². The van der Waals surface area contributed by atoms with Crippen LogP contribution in [0.25, 0.3) is 11.4 Å². The average molecular weight is 393 g/mol. The molecule has 0 aliphatic heterocycles. The molecule has 0 saturated carbocycles. The van der Waals surface area contributed by atoms with Crippen molar-refractivity contribution in [1.82, 2.24) is 14.8 Å². The fourth-order valence-corrected chi connectivity index (χ4v) is 3.24. The van der Waals surface area contributed by atoms with Gasteiger partial charge in [0, 0.05) is 23.3 Å². The molecule has 0 radical (unpaired) electrons. The Morgan fingerprint density at radius 2 is 1.84 bits per heavy atom. The van der Waals surface area contributed by atoms with Crippen LogP contribution in [0.2, 0.25) is 10.0 Å². The van der Waals surface area contributed by atoms with Crippen LogP contribution in [0.5, 0.6) is 0 Å². The SMILES string of the molecule is Cn1c(SCC(=O)Nc2ccc(Cl)cc2)nnc1-c1ccccc1Cl. The number of halogens is 2. The third-order valence-corrected chi connectivity index (χ3v) is 5.01. The lowest BCUT2D eigenvalue weighted by Gasteiger charge is -2.06. The molecule has 0 bridgehead atoms. The van der Waals surface area contributed by atoms with Crippen LogP contribution in [0.4, 0.5) is 5.69 Å². The van der Waals surface area contributed by atoms with Gasteiger partial charge in [-0.15, -0.1) is 10.2 Å². The summed E-state index contributed by atoms with van der Waals surface area (Å²) >= 11 is 13.3. The Hall–Kier alpha value is -2.02. The number of aromatic nitrogens is 3. The zero-order valence-corrected chi connectivity index (χ0v) is 15.6. The topological polar surface area (TPSA) is 59.8 Å². The molecule has 3 aromatic rings. The zero-order valence-electron chi connectivity index (χ0n) is 13.2. The second-order valence-corrected chi connectivity index (χ2v) is 6.97. The van der Waals surface area contributed by atoms with Crippen molar-refractivity contribution in [3.05, 3.63) is 58.6 Å². The number of carbonyl (C=O) groups is 1. The highest BCUT2D eigenvalue weighted by atomic mass is 35.5. The number of amides is 1. The van der Waals surface area contributed by atoms with Gasteiger partial charge in [-0.25, -0.2) is 0 Å². The summed E-state index contributed by atoms with van der Waals surface area (Å²) in [5.41, 5.74) is 1.50. The molecule has 0 spiro atoms. The van der Waals surface area contributed by atoms with Crippen LogP contribution >= 0.6 is 35.0 Å². The molecule has 3 rings (SSSR count). The van der Waals surface area contributed by atoms with E-state index in [2.05, 4.69) is 15.5 Å². The molecule has 1 amide bonds. The number of carbonyl (C=O) groups excluding carboxylic acids is 1. The van der Waals surface area contributed by atoms with Crippen LogP contribution in [0.3, 0.4) is 0 Å². The lowest BCUT2D eigenvalue weighted by atomic mass is 10.2. The smallest absolute Gasteiger partial charge is 0.234 e. The van der Waals surface area contributed by atoms with Crippen molar-refractivity contribution in [1.29, 1.82) is 0 Å². The Labute approximate surface area is 159 Å². The summed E-state index contributed by atoms with van der Waals surface area (Å²) in [5, 5.41) is 13.0. The Morgan fingerprint density at radius 3 is 2.56 bits per heavy atom. The first kappa shape index (κ1) is 17.8. The minimum atomic E-state index is -0.130. The van der Waals surface area contributed by atoms with E-state index < -0.39 is 0 Å². The molecule has 0 atom stereocenters. The van der Waals surface area contributed by atoms with Crippen LogP contribution in [-0.4, -0.2) is 26.4 Å². The van der Waals surface area contributed by atoms with Crippen molar-refractivity contribution in [3.63, 3.8) is 0 Å². The average Bonchev–Trinajstić information content (AvgIpc) is 2.96. The number of hydrogen-bond donors (Lipinski definition) is 1. The maximum absolute atomic E-state index is 12.1. The number of nitrogens with one attached hydrogen (secondary N) is 1. The summed E-state index contributed by atoms with van der Waals surface area (Å²) < 4.78 is 1.82. The monoisotopic (exact) mass is 392 g/mol. The summed E-state index contributed by atoms with van der Waals surface area (Å²) in [6, 6.07) is 14.4. The third kappa shape index (κ3) is 4.34. The minimum absolute atomic E-state index is 0.130. The van der Waals surface area contributed by atoms with E-state index in [4.69, 9.17) is 23.2 Å². The van der Waals surface area contributed by atoms with Gasteiger partial charge >= 0.3 is 0 Å². The van der Waals surface area contributed by atoms with Gasteiger partial charge in [0.1, 0.15) is 0 Å². The number of nitrogens with zero attached hydrogens (tertiary/aromatic N) is 3. The zero-order chi connectivity index (χ0) is 17.8. The maximum atomic E-state index is 12.1. The van der Waals surface area contributed by atoms with Gasteiger partial charge in [-0.05, 0) is 36.4 Å². The first-order chi connectivity index (χ1) is 12.0. The molecule has 5 nitrogen and oxygen atoms in total. The lowest BCUT2D eigenvalue weighted by molar-refractivity contribution is -0.113. The van der Waals surface area contributed by atoms with Crippen molar-refractivity contribution in [3.8, 4) is 11.4 Å². The van der Waals surface area contributed by atoms with E-state index in [1.54, 1.807) is 30.3 Å². The molecule has 1 aromatic heterocycles. The number of benzene rings is 2. The predicted molar refractivity (Wildman–Crippen MR) is 102 cm³/mol. The van der Waals surface area contributed by atoms with Crippen LogP contribution in [0.15, 0.2) is 53.7 Å². The molecule has 128 valence electrons. The fraction of sp³-hybridized carbons (Fsp3) is 0.118. The summed E-state index contributed by atoms with van der Waals surface area (Å²) in [6.45, 7) is 0. The normalized spacial score (nSPS) is 10.7. The highest BCUT2D eigenvalue weighted by Crippen LogP contribution is 2.28. The van der Waals surface area contributed by atoms with Gasteiger partial charge in [-0.3, -0.25) is 4.79 Å². The van der Waals surface area contributed by atoms with Gasteiger partial charge < -0.3 is 9.88 Å². The Kier molecular flexibility index (Phi) is 5.63. The van der Waals surface area contributed by atoms with E-state index in [0.717, 1.165) is 5.56 Å². The number of anilines is 1. The molecule has 1 heterocycles. The first-order valence-electron chi connectivity index (χ1n) is 7.37. The van der Waals surface area contributed by atoms with Crippen molar-refractivity contribution in [2.24, 2.45) is 7.05 Å². The molecule has 2 aromatic carbocycles. The van der Waals surface area contributed by atoms with E-state index in [-0.39, 0.29) is 11.7 Å². The molecule has 8 heteroatoms. The van der Waals surface area contributed by atoms with Crippen LogP contribution in [0, 0.1) is 0 Å². The van der Waals surface area contributed by atoms with Gasteiger partial charge in [0.05, 0.1) is 10.8 Å². The van der Waals surface area contributed by atoms with Crippen molar-refractivity contribution >= 4 is 46.6 Å². The quantitative estimate of drug-likeness (QED) is 0.648. The van der Waals surface area contributed by atoms with E-state index >= 15 is 0 Å². The lowest BCUT2D eigenvalue weighted by Crippen LogP contribution is -2.14. The number of hydrogen-bond acceptors (Lipinski definition) is 4. The van der Waals surface area contributed by atoms with Gasteiger partial charge in [0.25, 0.3) is 0 Å². The largest absolute Gasteiger partial charge is 0.325 e. The third-order valence-electron chi connectivity index (χ3n) is 3.41. The van der Waals surface area contributed by atoms with Gasteiger partial charge in [0.15, 0.2) is 11.0 Å². The summed E-state index contributed by atoms with van der Waals surface area (Å²) in [4.78, 5) is 12.1. The van der Waals surface area contributed by atoms with Crippen molar-refractivity contribution < 1.29 is 4.79 Å². The van der Waals surface area contributed by atoms with Crippen molar-refractivity contribution in [2.45, 2.75) is 5.16 Å². The highest BCUT2D eigenvalue weighted by Gasteiger charge is 2.14. The van der Waals surface area contributed by atoms with Crippen LogP contribution < -0.4 is 5.32 Å². The van der Waals surface area contributed by atoms with E-state index in [9.17, 15) is 4.79 Å². The molecule has 0 aliphatic rings. The molecule has 1 N–H and O–H groups in total. The summed E-state index contributed by atoms with van der Waals surface area (Å²) in [6.07, 6.45) is 0. The summed E-state index contributed by atoms with van der Waals surface area (Å²) in [7, 11) is 1.85. The van der Waals surface area contributed by atoms with E-state index in [1.165, 1.54) is 11.8 Å². The molecule has 0 saturated heterocycles. The van der Waals surface area contributed by atoms with Gasteiger partial charge in [-0.1, -0.05) is 47.1 Å². The number of thioether (sulfide) groups is 1. The highest BCUT2D eigenvalue weighted by molar-refractivity contribution is 7.99. The Morgan fingerprint density at radius 1 is 1.12 bits per heavy atom. The fourth-order valence-electron chi connectivity index (χ4n) is 2.18. The second kappa shape index (κ2) is 7.91. The molecule has 25 heavy (non-hydrogen) atoms. The predicted octanol–water partition coefficient (Wildman–Crippen LogP) is 4.52. The van der Waals surface area contributed by atoms with Crippen LogP contribution in [0.1, 0.15) is 0 Å². The van der Waals surface area contributed by atoms with Crippen molar-refractivity contribution in [2.75, 3.05) is 11.1 Å². The second-order valence-electron chi connectivity index (χ2n) is 5.19. The van der Waals surface area contributed by atoms with Gasteiger partial charge in [0.2, 0.25) is 5.91 Å². The Bertz CT molecular complexity index is 896. The first-order valence-corrected chi connectivity index (χ1v) is 9.11. The summed E-state index contributed by atoms with van der Waals surface area (Å²) in [5.74, 6) is 0.748. The van der Waals surface area contributed by atoms with E-state index in [0.29, 0.717) is 26.7 Å². The standard InChI is InChI=1S/C17H14Cl2N4OS/c1-23-16(13-4-2-3-5-14(13)19)21-22-17(23)25-10-15(24)20-12-8-6-11(18)7-9-12/h2-9H,10H2,1H3,(H,20,24). The molecule has 0 unspecified atom stereocenters. The maximum Gasteiger partial charge on any atom is 0.234 e. The molecule has 0 fully saturated rings. The molecule has 0 aliphatic carbocycles. The minimum Gasteiger partial charge on any atom is -0.325 e. The van der Waals surface area contributed by atoms with E-state index in [1.807, 2.05) is 29.8 Å². The molecular formula is C17H14Cl2N4OS. The van der Waals surface area contributed by atoms with Crippen LogP contribution in [-0.2, 0) is 11.8 Å².